The van der Waals surface area contributed by atoms with Crippen molar-refractivity contribution in [1.82, 2.24) is 13.7 Å². The van der Waals surface area contributed by atoms with E-state index in [1.165, 1.54) is 22.7 Å². The Balaban J connectivity index is 1.26. The van der Waals surface area contributed by atoms with Crippen LogP contribution in [-0.4, -0.2) is 59.3 Å². The molecule has 0 spiro atoms. The molecule has 0 N–H and O–H groups in total. The Morgan fingerprint density at radius 1 is 1.18 bits per heavy atom. The molecule has 9 heteroatoms. The molecule has 1 aromatic carbocycles. The first kappa shape index (κ1) is 23.9. The van der Waals surface area contributed by atoms with E-state index in [9.17, 15) is 13.2 Å². The first-order valence-corrected chi connectivity index (χ1v) is 14.6. The molecule has 3 atom stereocenters. The Morgan fingerprint density at radius 3 is 2.53 bits per heavy atom. The summed E-state index contributed by atoms with van der Waals surface area (Å²) >= 11 is 1.38. The van der Waals surface area contributed by atoms with E-state index in [0.717, 1.165) is 17.4 Å². The summed E-state index contributed by atoms with van der Waals surface area (Å²) < 4.78 is 33.3. The SMILES string of the molecule is Cc1ccc(Cc2nsc(N3CCN(S(=O)(=O)CC45CCC(CC4=O)C5(C)C)C(C)C3)n2)cc1. The Bertz CT molecular complexity index is 1190. The number of carbonyl (C=O) groups is 1. The summed E-state index contributed by atoms with van der Waals surface area (Å²) in [5, 5.41) is 0.843. The second-order valence-electron chi connectivity index (χ2n) is 11.0. The molecule has 1 saturated heterocycles. The highest BCUT2D eigenvalue weighted by Gasteiger charge is 2.65. The van der Waals surface area contributed by atoms with Crippen LogP contribution in [0.15, 0.2) is 24.3 Å². The molecular weight excluding hydrogens is 468 g/mol. The largest absolute Gasteiger partial charge is 0.344 e. The molecule has 184 valence electrons. The predicted octanol–water partition coefficient (Wildman–Crippen LogP) is 3.67. The van der Waals surface area contributed by atoms with Crippen LogP contribution in [0.25, 0.3) is 0 Å². The van der Waals surface area contributed by atoms with Crippen LogP contribution in [-0.2, 0) is 21.2 Å². The van der Waals surface area contributed by atoms with Crippen LogP contribution in [0.1, 0.15) is 57.0 Å². The number of rotatable bonds is 6. The molecule has 2 saturated carbocycles. The number of piperazine rings is 1. The summed E-state index contributed by atoms with van der Waals surface area (Å²) in [5.41, 5.74) is 1.43. The fourth-order valence-electron chi connectivity index (χ4n) is 6.36. The van der Waals surface area contributed by atoms with Gasteiger partial charge in [-0.2, -0.15) is 8.68 Å². The average Bonchev–Trinajstić information content (AvgIpc) is 3.38. The maximum atomic E-state index is 13.6. The van der Waals surface area contributed by atoms with Gasteiger partial charge in [-0.25, -0.2) is 13.4 Å². The van der Waals surface area contributed by atoms with Gasteiger partial charge < -0.3 is 4.90 Å². The standard InChI is InChI=1S/C25H34N4O3S2/c1-17-5-7-19(8-6-17)13-22-26-23(33-27-22)28-11-12-29(18(2)15-28)34(31,32)16-25-10-9-20(14-21(25)30)24(25,3)4/h5-8,18,20H,9-16H2,1-4H3. The first-order chi connectivity index (χ1) is 16.0. The Morgan fingerprint density at radius 2 is 1.91 bits per heavy atom. The van der Waals surface area contributed by atoms with Crippen molar-refractivity contribution >= 4 is 32.5 Å². The topological polar surface area (TPSA) is 83.5 Å². The molecule has 3 fully saturated rings. The highest BCUT2D eigenvalue weighted by atomic mass is 32.2. The molecule has 3 aliphatic rings. The molecule has 3 unspecified atom stereocenters. The van der Waals surface area contributed by atoms with Crippen LogP contribution < -0.4 is 4.90 Å². The zero-order chi connectivity index (χ0) is 24.3. The van der Waals surface area contributed by atoms with Crippen LogP contribution >= 0.6 is 11.5 Å². The van der Waals surface area contributed by atoms with Crippen LogP contribution in [0.4, 0.5) is 5.13 Å². The third-order valence-corrected chi connectivity index (χ3v) is 11.6. The van der Waals surface area contributed by atoms with E-state index in [2.05, 4.69) is 54.3 Å². The van der Waals surface area contributed by atoms with Crippen molar-refractivity contribution in [3.05, 3.63) is 41.2 Å². The Labute approximate surface area is 206 Å². The van der Waals surface area contributed by atoms with E-state index in [4.69, 9.17) is 4.98 Å². The highest BCUT2D eigenvalue weighted by molar-refractivity contribution is 7.89. The molecular formula is C25H34N4O3S2. The monoisotopic (exact) mass is 502 g/mol. The van der Waals surface area contributed by atoms with Gasteiger partial charge in [0.05, 0.1) is 5.75 Å². The van der Waals surface area contributed by atoms with Crippen molar-refractivity contribution in [3.8, 4) is 0 Å². The molecule has 2 heterocycles. The third-order valence-electron chi connectivity index (χ3n) is 8.70. The quantitative estimate of drug-likeness (QED) is 0.599. The second-order valence-corrected chi connectivity index (χ2v) is 13.6. The second kappa shape index (κ2) is 8.38. The molecule has 0 radical (unpaired) electrons. The van der Waals surface area contributed by atoms with Gasteiger partial charge in [0.25, 0.3) is 0 Å². The lowest BCUT2D eigenvalue weighted by Gasteiger charge is -2.42. The van der Waals surface area contributed by atoms with Gasteiger partial charge in [0, 0.05) is 55.5 Å². The molecule has 7 nitrogen and oxygen atoms in total. The number of aromatic nitrogens is 2. The van der Waals surface area contributed by atoms with Gasteiger partial charge >= 0.3 is 0 Å². The van der Waals surface area contributed by atoms with Gasteiger partial charge in [0.1, 0.15) is 11.6 Å². The van der Waals surface area contributed by atoms with E-state index >= 15 is 0 Å². The van der Waals surface area contributed by atoms with Crippen LogP contribution in [0.3, 0.4) is 0 Å². The minimum atomic E-state index is -3.56. The molecule has 2 aliphatic carbocycles. The number of ketones is 1. The fourth-order valence-corrected chi connectivity index (χ4v) is 9.52. The number of hydrogen-bond donors (Lipinski definition) is 0. The maximum Gasteiger partial charge on any atom is 0.215 e. The number of hydrogen-bond acceptors (Lipinski definition) is 7. The first-order valence-electron chi connectivity index (χ1n) is 12.2. The number of carbonyl (C=O) groups excluding carboxylic acids is 1. The van der Waals surface area contributed by atoms with Crippen molar-refractivity contribution in [1.29, 1.82) is 0 Å². The fraction of sp³-hybridized carbons (Fsp3) is 0.640. The van der Waals surface area contributed by atoms with E-state index < -0.39 is 15.4 Å². The van der Waals surface area contributed by atoms with Gasteiger partial charge in [-0.05, 0) is 43.6 Å². The molecule has 1 aromatic heterocycles. The number of benzene rings is 1. The minimum absolute atomic E-state index is 0.0494. The normalized spacial score (nSPS) is 29.2. The number of aryl methyl sites for hydroxylation is 1. The summed E-state index contributed by atoms with van der Waals surface area (Å²) in [7, 11) is -3.56. The van der Waals surface area contributed by atoms with E-state index in [1.54, 1.807) is 4.31 Å². The maximum absolute atomic E-state index is 13.6. The van der Waals surface area contributed by atoms with Gasteiger partial charge in [-0.1, -0.05) is 43.7 Å². The molecule has 1 aliphatic heterocycles. The van der Waals surface area contributed by atoms with E-state index in [0.29, 0.717) is 44.8 Å². The molecule has 0 amide bonds. The number of Topliss-reactive ketones (excluding diaryl/α,β-unsaturated/α-hetero) is 1. The lowest BCUT2D eigenvalue weighted by atomic mass is 9.70. The van der Waals surface area contributed by atoms with Crippen molar-refractivity contribution in [2.75, 3.05) is 30.3 Å². The van der Waals surface area contributed by atoms with Crippen molar-refractivity contribution in [2.24, 2.45) is 16.7 Å². The van der Waals surface area contributed by atoms with Crippen LogP contribution in [0.5, 0.6) is 0 Å². The summed E-state index contributed by atoms with van der Waals surface area (Å²) in [4.78, 5) is 19.8. The van der Waals surface area contributed by atoms with E-state index in [1.807, 2.05) is 6.92 Å². The molecule has 2 aromatic rings. The zero-order valence-corrected chi connectivity index (χ0v) is 22.1. The van der Waals surface area contributed by atoms with Crippen LogP contribution in [0, 0.1) is 23.7 Å². The van der Waals surface area contributed by atoms with Gasteiger partial charge in [-0.15, -0.1) is 0 Å². The van der Waals surface area contributed by atoms with E-state index in [-0.39, 0.29) is 23.0 Å². The Hall–Kier alpha value is -1.84. The van der Waals surface area contributed by atoms with Gasteiger partial charge in [0.2, 0.25) is 15.2 Å². The predicted molar refractivity (Wildman–Crippen MR) is 135 cm³/mol. The van der Waals surface area contributed by atoms with Crippen LogP contribution in [0.2, 0.25) is 0 Å². The van der Waals surface area contributed by atoms with Crippen molar-refractivity contribution < 1.29 is 13.2 Å². The third kappa shape index (κ3) is 3.89. The molecule has 34 heavy (non-hydrogen) atoms. The zero-order valence-electron chi connectivity index (χ0n) is 20.5. The summed E-state index contributed by atoms with van der Waals surface area (Å²) in [6, 6.07) is 8.20. The average molecular weight is 503 g/mol. The lowest BCUT2D eigenvalue weighted by Crippen LogP contribution is -2.56. The number of nitrogens with zero attached hydrogens (tertiary/aromatic N) is 4. The number of fused-ring (bicyclic) bond motifs is 2. The van der Waals surface area contributed by atoms with Crippen molar-refractivity contribution in [3.63, 3.8) is 0 Å². The Kier molecular flexibility index (Phi) is 5.89. The van der Waals surface area contributed by atoms with Gasteiger partial charge in [0.15, 0.2) is 0 Å². The smallest absolute Gasteiger partial charge is 0.215 e. The minimum Gasteiger partial charge on any atom is -0.344 e. The summed E-state index contributed by atoms with van der Waals surface area (Å²) in [6.45, 7) is 9.77. The summed E-state index contributed by atoms with van der Waals surface area (Å²) in [5.74, 6) is 1.21. The number of anilines is 1. The lowest BCUT2D eigenvalue weighted by molar-refractivity contribution is -0.128. The van der Waals surface area contributed by atoms with Gasteiger partial charge in [-0.3, -0.25) is 4.79 Å². The highest BCUT2D eigenvalue weighted by Crippen LogP contribution is 2.64. The number of sulfonamides is 1. The van der Waals surface area contributed by atoms with Crippen molar-refractivity contribution in [2.45, 2.75) is 59.4 Å². The summed E-state index contributed by atoms with van der Waals surface area (Å²) in [6.07, 6.45) is 2.88. The molecule has 5 rings (SSSR count). The molecule has 2 bridgehead atoms.